The van der Waals surface area contributed by atoms with E-state index >= 15 is 0 Å². The second-order valence-electron chi connectivity index (χ2n) is 5.92. The first-order valence-corrected chi connectivity index (χ1v) is 8.75. The molecule has 0 saturated heterocycles. The summed E-state index contributed by atoms with van der Waals surface area (Å²) in [7, 11) is 0. The average molecular weight is 371 g/mol. The van der Waals surface area contributed by atoms with Gasteiger partial charge in [0.1, 0.15) is 5.75 Å². The Kier molecular flexibility index (Phi) is 6.14. The third-order valence-corrected chi connectivity index (χ3v) is 3.85. The third-order valence-electron chi connectivity index (χ3n) is 3.85. The molecule has 7 nitrogen and oxygen atoms in total. The number of unbranched alkanes of at least 4 members (excludes halogenated alkanes) is 1. The molecule has 1 N–H and O–H groups in total. The Morgan fingerprint density at radius 3 is 2.63 bits per heavy atom. The Morgan fingerprint density at radius 1 is 1.07 bits per heavy atom. The Bertz CT molecular complexity index is 803. The quantitative estimate of drug-likeness (QED) is 0.566. The minimum Gasteiger partial charge on any atom is -0.494 e. The smallest absolute Gasteiger partial charge is 0.338 e. The van der Waals surface area contributed by atoms with Crippen molar-refractivity contribution in [3.63, 3.8) is 0 Å². The standard InChI is InChI=1S/C20H21NO6/c1-2-3-10-24-16-7-4-14(5-8-16)20(23)25-12-19(22)21-15-6-9-17-18(11-15)27-13-26-17/h4-9,11H,2-3,10,12-13H2,1H3,(H,21,22). The first-order valence-electron chi connectivity index (χ1n) is 8.75. The molecule has 27 heavy (non-hydrogen) atoms. The first-order chi connectivity index (χ1) is 13.2. The summed E-state index contributed by atoms with van der Waals surface area (Å²) in [4.78, 5) is 24.0. The van der Waals surface area contributed by atoms with Crippen LogP contribution in [0.15, 0.2) is 42.5 Å². The Labute approximate surface area is 157 Å². The van der Waals surface area contributed by atoms with Crippen LogP contribution in [0, 0.1) is 0 Å². The number of ether oxygens (including phenoxy) is 4. The van der Waals surface area contributed by atoms with Crippen molar-refractivity contribution in [3.8, 4) is 17.2 Å². The van der Waals surface area contributed by atoms with Gasteiger partial charge in [-0.25, -0.2) is 4.79 Å². The van der Waals surface area contributed by atoms with Gasteiger partial charge in [0, 0.05) is 11.8 Å². The van der Waals surface area contributed by atoms with Crippen molar-refractivity contribution in [1.82, 2.24) is 0 Å². The molecule has 0 radical (unpaired) electrons. The van der Waals surface area contributed by atoms with Crippen LogP contribution in [0.3, 0.4) is 0 Å². The lowest BCUT2D eigenvalue weighted by molar-refractivity contribution is -0.119. The highest BCUT2D eigenvalue weighted by molar-refractivity contribution is 5.95. The summed E-state index contributed by atoms with van der Waals surface area (Å²) in [5.74, 6) is 0.866. The third kappa shape index (κ3) is 5.13. The minimum absolute atomic E-state index is 0.160. The van der Waals surface area contributed by atoms with Crippen molar-refractivity contribution in [1.29, 1.82) is 0 Å². The number of hydrogen-bond donors (Lipinski definition) is 1. The van der Waals surface area contributed by atoms with Crippen molar-refractivity contribution >= 4 is 17.6 Å². The van der Waals surface area contributed by atoms with Gasteiger partial charge >= 0.3 is 5.97 Å². The van der Waals surface area contributed by atoms with E-state index < -0.39 is 11.9 Å². The topological polar surface area (TPSA) is 83.1 Å². The van der Waals surface area contributed by atoms with E-state index in [1.807, 2.05) is 0 Å². The molecule has 2 aromatic carbocycles. The zero-order valence-corrected chi connectivity index (χ0v) is 15.0. The molecule has 0 fully saturated rings. The van der Waals surface area contributed by atoms with E-state index in [2.05, 4.69) is 12.2 Å². The number of anilines is 1. The van der Waals surface area contributed by atoms with E-state index in [9.17, 15) is 9.59 Å². The Morgan fingerprint density at radius 2 is 1.85 bits per heavy atom. The molecule has 0 spiro atoms. The largest absolute Gasteiger partial charge is 0.494 e. The molecule has 1 aliphatic rings. The summed E-state index contributed by atoms with van der Waals surface area (Å²) in [5, 5.41) is 2.64. The molecule has 0 aromatic heterocycles. The van der Waals surface area contributed by atoms with Gasteiger partial charge in [0.2, 0.25) is 6.79 Å². The van der Waals surface area contributed by atoms with Crippen LogP contribution in [-0.2, 0) is 9.53 Å². The van der Waals surface area contributed by atoms with Gasteiger partial charge in [0.25, 0.3) is 5.91 Å². The molecule has 0 saturated carbocycles. The highest BCUT2D eigenvalue weighted by Crippen LogP contribution is 2.34. The zero-order valence-electron chi connectivity index (χ0n) is 15.0. The average Bonchev–Trinajstić information content (AvgIpc) is 3.15. The number of rotatable bonds is 8. The molecule has 0 bridgehead atoms. The molecular formula is C20H21NO6. The predicted molar refractivity (Wildman–Crippen MR) is 98.3 cm³/mol. The number of benzene rings is 2. The lowest BCUT2D eigenvalue weighted by Gasteiger charge is -2.08. The number of fused-ring (bicyclic) bond motifs is 1. The van der Waals surface area contributed by atoms with Gasteiger partial charge in [-0.2, -0.15) is 0 Å². The van der Waals surface area contributed by atoms with Gasteiger partial charge in [0.05, 0.1) is 12.2 Å². The fraction of sp³-hybridized carbons (Fsp3) is 0.300. The number of carbonyl (C=O) groups excluding carboxylic acids is 2. The van der Waals surface area contributed by atoms with E-state index in [1.165, 1.54) is 0 Å². The summed E-state index contributed by atoms with van der Waals surface area (Å²) in [6.45, 7) is 2.50. The van der Waals surface area contributed by atoms with Crippen molar-refractivity contribution in [2.75, 3.05) is 25.3 Å². The number of amides is 1. The van der Waals surface area contributed by atoms with Crippen molar-refractivity contribution in [2.45, 2.75) is 19.8 Å². The van der Waals surface area contributed by atoms with Crippen LogP contribution in [0.4, 0.5) is 5.69 Å². The first kappa shape index (κ1) is 18.6. The van der Waals surface area contributed by atoms with Crippen LogP contribution in [0.2, 0.25) is 0 Å². The molecule has 3 rings (SSSR count). The maximum atomic E-state index is 12.0. The highest BCUT2D eigenvalue weighted by Gasteiger charge is 2.15. The molecule has 142 valence electrons. The number of esters is 1. The minimum atomic E-state index is -0.573. The van der Waals surface area contributed by atoms with Gasteiger partial charge < -0.3 is 24.3 Å². The molecule has 2 aromatic rings. The maximum Gasteiger partial charge on any atom is 0.338 e. The van der Waals surface area contributed by atoms with E-state index in [-0.39, 0.29) is 13.4 Å². The van der Waals surface area contributed by atoms with Gasteiger partial charge in [-0.15, -0.1) is 0 Å². The van der Waals surface area contributed by atoms with Crippen molar-refractivity contribution in [3.05, 3.63) is 48.0 Å². The van der Waals surface area contributed by atoms with Gasteiger partial charge in [-0.3, -0.25) is 4.79 Å². The highest BCUT2D eigenvalue weighted by atomic mass is 16.7. The number of hydrogen-bond acceptors (Lipinski definition) is 6. The molecule has 7 heteroatoms. The Hall–Kier alpha value is -3.22. The second-order valence-corrected chi connectivity index (χ2v) is 5.92. The van der Waals surface area contributed by atoms with E-state index in [0.717, 1.165) is 12.8 Å². The molecule has 1 heterocycles. The molecule has 1 aliphatic heterocycles. The fourth-order valence-electron chi connectivity index (χ4n) is 2.41. The normalized spacial score (nSPS) is 11.7. The van der Waals surface area contributed by atoms with Crippen LogP contribution in [-0.4, -0.2) is 31.9 Å². The molecular weight excluding hydrogens is 350 g/mol. The molecule has 0 atom stereocenters. The van der Waals surface area contributed by atoms with Crippen LogP contribution in [0.1, 0.15) is 30.1 Å². The zero-order chi connectivity index (χ0) is 19.1. The molecule has 1 amide bonds. The Balaban J connectivity index is 1.46. The molecule has 0 aliphatic carbocycles. The summed E-state index contributed by atoms with van der Waals surface area (Å²) >= 11 is 0. The fourth-order valence-corrected chi connectivity index (χ4v) is 2.41. The van der Waals surface area contributed by atoms with Crippen LogP contribution >= 0.6 is 0 Å². The SMILES string of the molecule is CCCCOc1ccc(C(=O)OCC(=O)Nc2ccc3c(c2)OCO3)cc1. The summed E-state index contributed by atoms with van der Waals surface area (Å²) in [5.41, 5.74) is 0.891. The monoisotopic (exact) mass is 371 g/mol. The van der Waals surface area contributed by atoms with E-state index in [0.29, 0.717) is 35.1 Å². The number of nitrogens with one attached hydrogen (secondary N) is 1. The maximum absolute atomic E-state index is 12.0. The van der Waals surface area contributed by atoms with Gasteiger partial charge in [0.15, 0.2) is 18.1 Å². The predicted octanol–water partition coefficient (Wildman–Crippen LogP) is 3.39. The lowest BCUT2D eigenvalue weighted by atomic mass is 10.2. The van der Waals surface area contributed by atoms with Crippen molar-refractivity contribution < 1.29 is 28.5 Å². The van der Waals surface area contributed by atoms with Crippen LogP contribution in [0.5, 0.6) is 17.2 Å². The second kappa shape index (κ2) is 8.93. The lowest BCUT2D eigenvalue weighted by Crippen LogP contribution is -2.20. The van der Waals surface area contributed by atoms with Gasteiger partial charge in [-0.1, -0.05) is 13.3 Å². The van der Waals surface area contributed by atoms with E-state index in [4.69, 9.17) is 18.9 Å². The molecule has 0 unspecified atom stereocenters. The van der Waals surface area contributed by atoms with Crippen LogP contribution in [0.25, 0.3) is 0 Å². The van der Waals surface area contributed by atoms with Crippen molar-refractivity contribution in [2.24, 2.45) is 0 Å². The van der Waals surface area contributed by atoms with Gasteiger partial charge in [-0.05, 0) is 42.8 Å². The summed E-state index contributed by atoms with van der Waals surface area (Å²) in [6, 6.07) is 11.7. The number of carbonyl (C=O) groups is 2. The van der Waals surface area contributed by atoms with Crippen LogP contribution < -0.4 is 19.5 Å². The summed E-state index contributed by atoms with van der Waals surface area (Å²) < 4.78 is 21.0. The van der Waals surface area contributed by atoms with E-state index in [1.54, 1.807) is 42.5 Å². The summed E-state index contributed by atoms with van der Waals surface area (Å²) in [6.07, 6.45) is 2.03.